The van der Waals surface area contributed by atoms with Gasteiger partial charge in [-0.1, -0.05) is 0 Å². The van der Waals surface area contributed by atoms with Crippen LogP contribution in [0.4, 0.5) is 11.4 Å². The number of hydrogen-bond donors (Lipinski definition) is 2. The van der Waals surface area contributed by atoms with Crippen LogP contribution in [0.1, 0.15) is 37.4 Å². The van der Waals surface area contributed by atoms with E-state index in [1.807, 2.05) is 57.2 Å². The molecule has 0 aromatic heterocycles. The number of aryl methyl sites for hydroxylation is 3. The summed E-state index contributed by atoms with van der Waals surface area (Å²) in [5, 5.41) is 19.3. The number of carbonyl (C=O) groups is 2. The third-order valence-electron chi connectivity index (χ3n) is 7.58. The van der Waals surface area contributed by atoms with E-state index in [4.69, 9.17) is 6.23 Å². The summed E-state index contributed by atoms with van der Waals surface area (Å²) >= 11 is -6.48. The third-order valence-corrected chi connectivity index (χ3v) is 20.8. The Labute approximate surface area is 266 Å². The molecule has 0 aliphatic carbocycles. The van der Waals surface area contributed by atoms with Crippen LogP contribution in [-0.4, -0.2) is 50.2 Å². The Morgan fingerprint density at radius 3 is 1.11 bits per heavy atom. The van der Waals surface area contributed by atoms with Gasteiger partial charge in [-0.05, 0) is 0 Å². The van der Waals surface area contributed by atoms with E-state index in [0.29, 0.717) is 10.5 Å². The first kappa shape index (κ1) is 32.1. The van der Waals surface area contributed by atoms with Crippen molar-refractivity contribution >= 4 is 52.1 Å². The summed E-state index contributed by atoms with van der Waals surface area (Å²) in [6.07, 6.45) is 0. The van der Waals surface area contributed by atoms with Gasteiger partial charge in [0.2, 0.25) is 0 Å². The van der Waals surface area contributed by atoms with Gasteiger partial charge < -0.3 is 0 Å². The minimum atomic E-state index is -6.48. The van der Waals surface area contributed by atoms with Crippen molar-refractivity contribution in [2.24, 2.45) is 0 Å². The van der Waals surface area contributed by atoms with Gasteiger partial charge >= 0.3 is 268 Å². The Morgan fingerprint density at radius 1 is 0.522 bits per heavy atom. The molecule has 0 amide bonds. The van der Waals surface area contributed by atoms with Crippen molar-refractivity contribution in [3.63, 3.8) is 0 Å². The summed E-state index contributed by atoms with van der Waals surface area (Å²) in [4.78, 5) is 52.6. The van der Waals surface area contributed by atoms with Crippen LogP contribution in [0.15, 0.2) is 121 Å². The van der Waals surface area contributed by atoms with Crippen molar-refractivity contribution in [2.45, 2.75) is 20.8 Å². The van der Waals surface area contributed by atoms with Crippen molar-refractivity contribution in [3.05, 3.63) is 159 Å². The Hall–Kier alpha value is -5.34. The van der Waals surface area contributed by atoms with E-state index >= 15 is 0 Å². The minimum absolute atomic E-state index is 0.140. The molecule has 0 aliphatic heterocycles. The molecule has 5 rings (SSSR count). The molecule has 11 heteroatoms. The molecule has 0 spiro atoms. The number of rotatable bonds is 11. The van der Waals surface area contributed by atoms with Crippen LogP contribution >= 0.6 is 0 Å². The van der Waals surface area contributed by atoms with Crippen molar-refractivity contribution < 1.29 is 35.9 Å². The zero-order valence-corrected chi connectivity index (χ0v) is 27.8. The van der Waals surface area contributed by atoms with Crippen LogP contribution < -0.4 is 10.5 Å². The zero-order valence-electron chi connectivity index (χ0n) is 25.2. The molecule has 0 heterocycles. The molecule has 2 N–H and O–H groups in total. The van der Waals surface area contributed by atoms with Crippen LogP contribution in [0, 0.1) is 30.6 Å². The van der Waals surface area contributed by atoms with Gasteiger partial charge in [-0.15, -0.1) is 0 Å². The molecule has 0 unspecified atom stereocenters. The van der Waals surface area contributed by atoms with E-state index in [1.165, 1.54) is 48.5 Å². The fraction of sp³-hybridized carbons (Fsp3) is 0.0857. The summed E-state index contributed by atoms with van der Waals surface area (Å²) in [6, 6.07) is 32.0. The molecule has 46 heavy (non-hydrogen) atoms. The molecule has 0 radical (unpaired) electrons. The average Bonchev–Trinajstić information content (AvgIpc) is 3.05. The first-order valence-corrected chi connectivity index (χ1v) is 20.1. The molecule has 0 saturated heterocycles. The molecule has 0 fully saturated rings. The van der Waals surface area contributed by atoms with Crippen LogP contribution in [0.2, 0.25) is 0 Å². The summed E-state index contributed by atoms with van der Waals surface area (Å²) in [7, 11) is 0. The SMILES string of the molecule is Cc1cc[c]([Sb]([O][N+](=O)c2cccc(C(=O)O)c2)([O][N+](=O)c2cccc(C(=O)O)c2)([c]2ccc(C)cc2)[c]2ccc(C)cc2)cc1. The van der Waals surface area contributed by atoms with Crippen LogP contribution in [0.5, 0.6) is 0 Å². The molecule has 10 nitrogen and oxygen atoms in total. The van der Waals surface area contributed by atoms with E-state index in [2.05, 4.69) is 0 Å². The number of aromatic carboxylic acids is 2. The number of hydrogen-bond acceptors (Lipinski definition) is 6. The summed E-state index contributed by atoms with van der Waals surface area (Å²) < 4.78 is 14.6. The molecule has 0 aliphatic rings. The number of nitrogens with zero attached hydrogens (tertiary/aromatic N) is 2. The number of carboxylic acid groups (broad SMARTS) is 2. The van der Waals surface area contributed by atoms with Crippen molar-refractivity contribution in [2.75, 3.05) is 0 Å². The van der Waals surface area contributed by atoms with Crippen molar-refractivity contribution in [3.8, 4) is 0 Å². The summed E-state index contributed by atoms with van der Waals surface area (Å²) in [5.41, 5.74) is 2.12. The van der Waals surface area contributed by atoms with E-state index < -0.39 is 30.2 Å². The molecule has 0 atom stereocenters. The van der Waals surface area contributed by atoms with Crippen LogP contribution in [0.25, 0.3) is 0 Å². The summed E-state index contributed by atoms with van der Waals surface area (Å²) in [6.45, 7) is 5.67. The van der Waals surface area contributed by atoms with Crippen LogP contribution in [-0.2, 0) is 6.23 Å². The van der Waals surface area contributed by atoms with Crippen LogP contribution in [0.3, 0.4) is 0 Å². The predicted molar refractivity (Wildman–Crippen MR) is 174 cm³/mol. The average molecular weight is 729 g/mol. The van der Waals surface area contributed by atoms with E-state index in [1.54, 1.807) is 36.4 Å². The summed E-state index contributed by atoms with van der Waals surface area (Å²) in [5.74, 6) is -2.48. The molecule has 5 aromatic rings. The Kier molecular flexibility index (Phi) is 8.76. The van der Waals surface area contributed by atoms with Gasteiger partial charge in [-0.2, -0.15) is 0 Å². The van der Waals surface area contributed by atoms with E-state index in [0.717, 1.165) is 16.7 Å². The van der Waals surface area contributed by atoms with Gasteiger partial charge in [0.05, 0.1) is 0 Å². The van der Waals surface area contributed by atoms with Gasteiger partial charge in [-0.25, -0.2) is 0 Å². The first-order chi connectivity index (χ1) is 21.9. The Balaban J connectivity index is 1.90. The molecular formula is C35H31N2O8Sb+2. The second kappa shape index (κ2) is 12.6. The quantitative estimate of drug-likeness (QED) is 0.134. The Bertz CT molecular complexity index is 1780. The van der Waals surface area contributed by atoms with E-state index in [-0.39, 0.29) is 32.3 Å². The second-order valence-corrected chi connectivity index (χ2v) is 21.7. The Morgan fingerprint density at radius 2 is 0.826 bits per heavy atom. The van der Waals surface area contributed by atoms with Gasteiger partial charge in [0.25, 0.3) is 0 Å². The maximum atomic E-state index is 14.3. The normalized spacial score (nSPS) is 11.9. The van der Waals surface area contributed by atoms with Crippen molar-refractivity contribution in [1.82, 2.24) is 0 Å². The zero-order chi connectivity index (χ0) is 33.1. The molecule has 0 bridgehead atoms. The topological polar surface area (TPSA) is 133 Å². The van der Waals surface area contributed by atoms with Crippen molar-refractivity contribution in [1.29, 1.82) is 0 Å². The molecule has 5 aromatic carbocycles. The monoisotopic (exact) mass is 728 g/mol. The molecular weight excluding hydrogens is 698 g/mol. The van der Waals surface area contributed by atoms with Gasteiger partial charge in [0.15, 0.2) is 0 Å². The molecule has 232 valence electrons. The van der Waals surface area contributed by atoms with Gasteiger partial charge in [-0.3, -0.25) is 0 Å². The van der Waals surface area contributed by atoms with Gasteiger partial charge in [0, 0.05) is 0 Å². The second-order valence-electron chi connectivity index (χ2n) is 10.9. The first-order valence-electron chi connectivity index (χ1n) is 14.2. The number of benzene rings is 5. The molecule has 0 saturated carbocycles. The third kappa shape index (κ3) is 5.87. The fourth-order valence-electron chi connectivity index (χ4n) is 5.07. The van der Waals surface area contributed by atoms with E-state index in [9.17, 15) is 29.6 Å². The predicted octanol–water partition coefficient (Wildman–Crippen LogP) is 5.51. The number of carboxylic acids is 2. The fourth-order valence-corrected chi connectivity index (χ4v) is 17.4. The van der Waals surface area contributed by atoms with Gasteiger partial charge in [0.1, 0.15) is 0 Å². The standard InChI is InChI=1S/2C7H5NO4.3C7H7.Sb/c2*9-7(10)5-2-1-3-6(4-5)8(11)12;3*1-7-5-3-2-4-6-7;/h2*1-4H,(H,9,10);3*3-6H,1H3;/q;;;;;+2. The maximum absolute atomic E-state index is 14.3.